The first-order valence-electron chi connectivity index (χ1n) is 6.67. The van der Waals surface area contributed by atoms with Gasteiger partial charge in [0.15, 0.2) is 0 Å². The maximum Gasteiger partial charge on any atom is 0.230 e. The maximum absolute atomic E-state index is 12.5. The fourth-order valence-electron chi connectivity index (χ4n) is 2.86. The summed E-state index contributed by atoms with van der Waals surface area (Å²) in [6.07, 6.45) is 3.20. The molecule has 1 saturated carbocycles. The highest BCUT2D eigenvalue weighted by atomic mass is 16.2. The second-order valence-corrected chi connectivity index (χ2v) is 5.27. The second-order valence-electron chi connectivity index (χ2n) is 5.27. The third-order valence-corrected chi connectivity index (χ3v) is 4.00. The van der Waals surface area contributed by atoms with E-state index in [1.807, 2.05) is 38.2 Å². The van der Waals surface area contributed by atoms with E-state index in [1.165, 1.54) is 5.56 Å². The number of benzene rings is 1. The van der Waals surface area contributed by atoms with E-state index in [9.17, 15) is 4.79 Å². The number of aryl methyl sites for hydroxylation is 1. The van der Waals surface area contributed by atoms with Crippen molar-refractivity contribution in [1.82, 2.24) is 0 Å². The quantitative estimate of drug-likeness (QED) is 0.889. The van der Waals surface area contributed by atoms with E-state index in [0.29, 0.717) is 12.5 Å². The van der Waals surface area contributed by atoms with Gasteiger partial charge in [-0.1, -0.05) is 18.6 Å². The Morgan fingerprint density at radius 2 is 2.22 bits per heavy atom. The molecule has 0 radical (unpaired) electrons. The van der Waals surface area contributed by atoms with Crippen LogP contribution in [0.5, 0.6) is 0 Å². The molecule has 98 valence electrons. The van der Waals surface area contributed by atoms with Crippen LogP contribution in [0.4, 0.5) is 5.69 Å². The van der Waals surface area contributed by atoms with E-state index in [0.717, 1.165) is 24.9 Å². The summed E-state index contributed by atoms with van der Waals surface area (Å²) in [7, 11) is 1.86. The molecule has 1 aliphatic carbocycles. The molecule has 0 aliphatic heterocycles. The molecule has 0 spiro atoms. The number of carbonyl (C=O) groups excluding carboxylic acids is 1. The summed E-state index contributed by atoms with van der Waals surface area (Å²) < 4.78 is 0. The molecule has 0 aromatic heterocycles. The summed E-state index contributed by atoms with van der Waals surface area (Å²) in [5.41, 5.74) is 7.90. The summed E-state index contributed by atoms with van der Waals surface area (Å²) >= 11 is 0. The summed E-state index contributed by atoms with van der Waals surface area (Å²) in [4.78, 5) is 14.3. The van der Waals surface area contributed by atoms with Crippen LogP contribution in [-0.2, 0) is 4.79 Å². The van der Waals surface area contributed by atoms with Crippen molar-refractivity contribution in [1.29, 1.82) is 0 Å². The predicted octanol–water partition coefficient (Wildman–Crippen LogP) is 2.33. The molecule has 0 saturated heterocycles. The molecule has 3 nitrogen and oxygen atoms in total. The van der Waals surface area contributed by atoms with Gasteiger partial charge in [-0.3, -0.25) is 4.79 Å². The van der Waals surface area contributed by atoms with Crippen LogP contribution in [0.2, 0.25) is 0 Å². The van der Waals surface area contributed by atoms with Crippen LogP contribution >= 0.6 is 0 Å². The van der Waals surface area contributed by atoms with Crippen LogP contribution in [-0.4, -0.2) is 19.5 Å². The molecule has 1 aliphatic rings. The minimum absolute atomic E-state index is 0.112. The number of carbonyl (C=O) groups is 1. The van der Waals surface area contributed by atoms with E-state index in [2.05, 4.69) is 0 Å². The molecule has 1 fully saturated rings. The Balaban J connectivity index is 2.13. The largest absolute Gasteiger partial charge is 0.330 e. The molecule has 18 heavy (non-hydrogen) atoms. The van der Waals surface area contributed by atoms with Gasteiger partial charge in [-0.05, 0) is 49.9 Å². The highest BCUT2D eigenvalue weighted by Crippen LogP contribution is 2.33. The fraction of sp³-hybridized carbons (Fsp3) is 0.533. The topological polar surface area (TPSA) is 46.3 Å². The predicted molar refractivity (Wildman–Crippen MR) is 74.5 cm³/mol. The van der Waals surface area contributed by atoms with Gasteiger partial charge in [-0.15, -0.1) is 0 Å². The van der Waals surface area contributed by atoms with Crippen molar-refractivity contribution < 1.29 is 4.79 Å². The van der Waals surface area contributed by atoms with Gasteiger partial charge in [0.25, 0.3) is 0 Å². The lowest BCUT2D eigenvalue weighted by molar-refractivity contribution is -0.123. The van der Waals surface area contributed by atoms with Gasteiger partial charge in [-0.25, -0.2) is 0 Å². The number of hydrogen-bond acceptors (Lipinski definition) is 2. The normalized spacial score (nSPS) is 23.1. The lowest BCUT2D eigenvalue weighted by atomic mass is 9.94. The van der Waals surface area contributed by atoms with Crippen LogP contribution in [0.15, 0.2) is 24.3 Å². The van der Waals surface area contributed by atoms with Gasteiger partial charge in [0.2, 0.25) is 5.91 Å². The lowest BCUT2D eigenvalue weighted by Gasteiger charge is -2.24. The zero-order chi connectivity index (χ0) is 13.1. The molecule has 3 heteroatoms. The Morgan fingerprint density at radius 3 is 2.89 bits per heavy atom. The number of nitrogens with two attached hydrogens (primary N) is 1. The lowest BCUT2D eigenvalue weighted by Crippen LogP contribution is -2.36. The van der Waals surface area contributed by atoms with Crippen LogP contribution in [0.3, 0.4) is 0 Å². The molecule has 2 atom stereocenters. The number of nitrogens with zero attached hydrogens (tertiary/aromatic N) is 1. The number of rotatable bonds is 3. The summed E-state index contributed by atoms with van der Waals surface area (Å²) in [6.45, 7) is 2.66. The zero-order valence-corrected chi connectivity index (χ0v) is 11.2. The minimum Gasteiger partial charge on any atom is -0.330 e. The Bertz CT molecular complexity index is 430. The number of anilines is 1. The first-order valence-corrected chi connectivity index (χ1v) is 6.67. The summed E-state index contributed by atoms with van der Waals surface area (Å²) in [5.74, 6) is 0.693. The molecule has 2 rings (SSSR count). The Morgan fingerprint density at radius 1 is 1.44 bits per heavy atom. The van der Waals surface area contributed by atoms with Crippen molar-refractivity contribution in [3.05, 3.63) is 29.8 Å². The summed E-state index contributed by atoms with van der Waals surface area (Å²) in [5, 5.41) is 0. The molecule has 1 amide bonds. The third kappa shape index (κ3) is 2.56. The van der Waals surface area contributed by atoms with E-state index in [1.54, 1.807) is 4.90 Å². The standard InChI is InChI=1S/C15H22N2O/c1-11-5-3-7-13(9-11)17(2)15(18)14-8-4-6-12(14)10-16/h3,5,7,9,12,14H,4,6,8,10,16H2,1-2H3/t12-,14-/m1/s1. The third-order valence-electron chi connectivity index (χ3n) is 4.00. The Hall–Kier alpha value is -1.35. The van der Waals surface area contributed by atoms with E-state index < -0.39 is 0 Å². The number of amides is 1. The van der Waals surface area contributed by atoms with Gasteiger partial charge >= 0.3 is 0 Å². The van der Waals surface area contributed by atoms with Gasteiger partial charge < -0.3 is 10.6 Å². The minimum atomic E-state index is 0.112. The van der Waals surface area contributed by atoms with Crippen molar-refractivity contribution in [2.45, 2.75) is 26.2 Å². The van der Waals surface area contributed by atoms with Crippen LogP contribution in [0.25, 0.3) is 0 Å². The first kappa shape index (κ1) is 13.1. The van der Waals surface area contributed by atoms with E-state index in [-0.39, 0.29) is 11.8 Å². The fourth-order valence-corrected chi connectivity index (χ4v) is 2.86. The average molecular weight is 246 g/mol. The SMILES string of the molecule is Cc1cccc(N(C)C(=O)[C@@H]2CCC[C@@H]2CN)c1. The van der Waals surface area contributed by atoms with Crippen molar-refractivity contribution in [3.8, 4) is 0 Å². The zero-order valence-electron chi connectivity index (χ0n) is 11.2. The monoisotopic (exact) mass is 246 g/mol. The Labute approximate surface area is 109 Å². The van der Waals surface area contributed by atoms with Crippen LogP contribution in [0.1, 0.15) is 24.8 Å². The van der Waals surface area contributed by atoms with Crippen LogP contribution in [0, 0.1) is 18.8 Å². The molecule has 0 heterocycles. The number of hydrogen-bond donors (Lipinski definition) is 1. The van der Waals surface area contributed by atoms with E-state index in [4.69, 9.17) is 5.73 Å². The van der Waals surface area contributed by atoms with Crippen molar-refractivity contribution >= 4 is 11.6 Å². The highest BCUT2D eigenvalue weighted by Gasteiger charge is 2.33. The summed E-state index contributed by atoms with van der Waals surface area (Å²) in [6, 6.07) is 8.06. The smallest absolute Gasteiger partial charge is 0.230 e. The molecule has 1 aromatic rings. The van der Waals surface area contributed by atoms with Crippen LogP contribution < -0.4 is 10.6 Å². The van der Waals surface area contributed by atoms with E-state index >= 15 is 0 Å². The highest BCUT2D eigenvalue weighted by molar-refractivity contribution is 5.94. The molecule has 1 aromatic carbocycles. The van der Waals surface area contributed by atoms with Crippen molar-refractivity contribution in [2.75, 3.05) is 18.5 Å². The van der Waals surface area contributed by atoms with Gasteiger partial charge in [-0.2, -0.15) is 0 Å². The average Bonchev–Trinajstić information content (AvgIpc) is 2.85. The van der Waals surface area contributed by atoms with Crippen molar-refractivity contribution in [2.24, 2.45) is 17.6 Å². The van der Waals surface area contributed by atoms with Gasteiger partial charge in [0.1, 0.15) is 0 Å². The maximum atomic E-state index is 12.5. The molecule has 2 N–H and O–H groups in total. The molecule has 0 bridgehead atoms. The van der Waals surface area contributed by atoms with Crippen molar-refractivity contribution in [3.63, 3.8) is 0 Å². The van der Waals surface area contributed by atoms with Gasteiger partial charge in [0, 0.05) is 18.7 Å². The Kier molecular flexibility index (Phi) is 4.02. The van der Waals surface area contributed by atoms with Gasteiger partial charge in [0.05, 0.1) is 0 Å². The molecular weight excluding hydrogens is 224 g/mol. The molecule has 0 unspecified atom stereocenters. The molecular formula is C15H22N2O. The second kappa shape index (κ2) is 5.53. The first-order chi connectivity index (χ1) is 8.63.